The molecule has 0 spiro atoms. The van der Waals surface area contributed by atoms with Crippen molar-refractivity contribution in [3.8, 4) is 0 Å². The van der Waals surface area contributed by atoms with E-state index >= 15 is 0 Å². The van der Waals surface area contributed by atoms with Gasteiger partial charge in [-0.3, -0.25) is 0 Å². The van der Waals surface area contributed by atoms with Gasteiger partial charge >= 0.3 is 0 Å². The summed E-state index contributed by atoms with van der Waals surface area (Å²) in [6.07, 6.45) is 4.33. The molecule has 0 amide bonds. The Morgan fingerprint density at radius 3 is 2.69 bits per heavy atom. The molecule has 13 heavy (non-hydrogen) atoms. The maximum absolute atomic E-state index is 8.70. The van der Waals surface area contributed by atoms with Gasteiger partial charge in [0, 0.05) is 18.9 Å². The second kappa shape index (κ2) is 5.02. The van der Waals surface area contributed by atoms with E-state index in [1.54, 1.807) is 6.26 Å². The molecular formula is C10H17NO2. The Bertz CT molecular complexity index is 241. The molecule has 0 bridgehead atoms. The van der Waals surface area contributed by atoms with Crippen LogP contribution in [0.15, 0.2) is 10.7 Å². The summed E-state index contributed by atoms with van der Waals surface area (Å²) >= 11 is 0. The molecule has 1 aromatic heterocycles. The molecule has 3 heteroatoms. The van der Waals surface area contributed by atoms with Crippen molar-refractivity contribution in [3.05, 3.63) is 17.8 Å². The van der Waals surface area contributed by atoms with E-state index in [4.69, 9.17) is 9.52 Å². The molecule has 1 heterocycles. The Kier molecular flexibility index (Phi) is 3.96. The summed E-state index contributed by atoms with van der Waals surface area (Å²) in [5, 5.41) is 8.70. The minimum atomic E-state index is 0.134. The van der Waals surface area contributed by atoms with Crippen LogP contribution >= 0.6 is 0 Å². The van der Waals surface area contributed by atoms with Crippen LogP contribution in [0, 0.1) is 0 Å². The number of oxazole rings is 1. The van der Waals surface area contributed by atoms with Gasteiger partial charge in [0.1, 0.15) is 6.26 Å². The highest BCUT2D eigenvalue weighted by Gasteiger charge is 2.12. The molecule has 0 radical (unpaired) electrons. The fourth-order valence-corrected chi connectivity index (χ4v) is 1.38. The summed E-state index contributed by atoms with van der Waals surface area (Å²) in [5.41, 5.74) is 0.851. The van der Waals surface area contributed by atoms with Crippen LogP contribution in [0.3, 0.4) is 0 Å². The topological polar surface area (TPSA) is 46.3 Å². The summed E-state index contributed by atoms with van der Waals surface area (Å²) in [6, 6.07) is 0. The van der Waals surface area contributed by atoms with Crippen molar-refractivity contribution in [3.63, 3.8) is 0 Å². The first-order valence-corrected chi connectivity index (χ1v) is 4.86. The van der Waals surface area contributed by atoms with Crippen molar-refractivity contribution in [2.24, 2.45) is 0 Å². The number of aliphatic hydroxyl groups excluding tert-OH is 1. The summed E-state index contributed by atoms with van der Waals surface area (Å²) in [4.78, 5) is 4.32. The maximum atomic E-state index is 8.70. The van der Waals surface area contributed by atoms with E-state index in [1.807, 2.05) is 0 Å². The second-order valence-electron chi connectivity index (χ2n) is 3.16. The summed E-state index contributed by atoms with van der Waals surface area (Å²) < 4.78 is 5.34. The van der Waals surface area contributed by atoms with E-state index in [1.165, 1.54) is 0 Å². The molecule has 0 fully saturated rings. The molecule has 1 N–H and O–H groups in total. The Labute approximate surface area is 78.8 Å². The van der Waals surface area contributed by atoms with E-state index in [0.29, 0.717) is 12.3 Å². The van der Waals surface area contributed by atoms with Crippen molar-refractivity contribution in [2.75, 3.05) is 6.61 Å². The van der Waals surface area contributed by atoms with Gasteiger partial charge in [-0.15, -0.1) is 0 Å². The lowest BCUT2D eigenvalue weighted by molar-refractivity contribution is 0.298. The van der Waals surface area contributed by atoms with Crippen molar-refractivity contribution in [1.29, 1.82) is 0 Å². The first kappa shape index (κ1) is 10.3. The van der Waals surface area contributed by atoms with Crippen molar-refractivity contribution in [1.82, 2.24) is 4.98 Å². The first-order valence-electron chi connectivity index (χ1n) is 4.86. The van der Waals surface area contributed by atoms with Gasteiger partial charge in [0.15, 0.2) is 5.89 Å². The summed E-state index contributed by atoms with van der Waals surface area (Å²) in [6.45, 7) is 4.39. The number of nitrogens with zero attached hydrogens (tertiary/aromatic N) is 1. The Hall–Kier alpha value is -0.830. The number of hydrogen-bond acceptors (Lipinski definition) is 3. The van der Waals surface area contributed by atoms with Crippen LogP contribution in [0.1, 0.15) is 44.2 Å². The lowest BCUT2D eigenvalue weighted by atomic mass is 10.0. The van der Waals surface area contributed by atoms with Crippen molar-refractivity contribution < 1.29 is 9.52 Å². The lowest BCUT2D eigenvalue weighted by Gasteiger charge is -2.05. The zero-order valence-electron chi connectivity index (χ0n) is 8.29. The van der Waals surface area contributed by atoms with E-state index in [9.17, 15) is 0 Å². The molecule has 0 aromatic carbocycles. The third-order valence-electron chi connectivity index (χ3n) is 2.27. The molecule has 0 saturated carbocycles. The van der Waals surface area contributed by atoms with Crippen molar-refractivity contribution in [2.45, 2.75) is 39.0 Å². The Balaban J connectivity index is 2.66. The van der Waals surface area contributed by atoms with Gasteiger partial charge in [-0.1, -0.05) is 13.8 Å². The standard InChI is InChI=1S/C10H17NO2/c1-3-8(4-2)10-11-9(5-6-12)7-13-10/h7-8,12H,3-6H2,1-2H3. The molecule has 1 aromatic rings. The maximum Gasteiger partial charge on any atom is 0.197 e. The molecule has 0 unspecified atom stereocenters. The lowest BCUT2D eigenvalue weighted by Crippen LogP contribution is -1.97. The van der Waals surface area contributed by atoms with Gasteiger partial charge in [0.25, 0.3) is 0 Å². The van der Waals surface area contributed by atoms with Crippen LogP contribution in [0.5, 0.6) is 0 Å². The van der Waals surface area contributed by atoms with Crippen molar-refractivity contribution >= 4 is 0 Å². The molecule has 0 aliphatic carbocycles. The Morgan fingerprint density at radius 1 is 1.46 bits per heavy atom. The molecule has 74 valence electrons. The average molecular weight is 183 g/mol. The molecule has 3 nitrogen and oxygen atoms in total. The highest BCUT2D eigenvalue weighted by molar-refractivity contribution is 5.00. The monoisotopic (exact) mass is 183 g/mol. The fraction of sp³-hybridized carbons (Fsp3) is 0.700. The Morgan fingerprint density at radius 2 is 2.15 bits per heavy atom. The van der Waals surface area contributed by atoms with Gasteiger partial charge in [-0.05, 0) is 12.8 Å². The number of aromatic nitrogens is 1. The number of aliphatic hydroxyl groups is 1. The quantitative estimate of drug-likeness (QED) is 0.760. The van der Waals surface area contributed by atoms with E-state index in [0.717, 1.165) is 24.4 Å². The van der Waals surface area contributed by atoms with Crippen LogP contribution in [0.4, 0.5) is 0 Å². The van der Waals surface area contributed by atoms with Gasteiger partial charge in [0.2, 0.25) is 0 Å². The average Bonchev–Trinajstić information content (AvgIpc) is 2.56. The summed E-state index contributed by atoms with van der Waals surface area (Å²) in [5.74, 6) is 1.24. The normalized spacial score (nSPS) is 11.1. The third kappa shape index (κ3) is 2.56. The molecule has 0 saturated heterocycles. The van der Waals surface area contributed by atoms with Crippen LogP contribution < -0.4 is 0 Å². The van der Waals surface area contributed by atoms with Gasteiger partial charge < -0.3 is 9.52 Å². The fourth-order valence-electron chi connectivity index (χ4n) is 1.38. The van der Waals surface area contributed by atoms with Gasteiger partial charge in [-0.2, -0.15) is 0 Å². The zero-order chi connectivity index (χ0) is 9.68. The van der Waals surface area contributed by atoms with Crippen LogP contribution in [0.25, 0.3) is 0 Å². The van der Waals surface area contributed by atoms with E-state index in [2.05, 4.69) is 18.8 Å². The zero-order valence-corrected chi connectivity index (χ0v) is 8.29. The van der Waals surface area contributed by atoms with E-state index in [-0.39, 0.29) is 6.61 Å². The highest BCUT2D eigenvalue weighted by atomic mass is 16.3. The number of hydrogen-bond donors (Lipinski definition) is 1. The highest BCUT2D eigenvalue weighted by Crippen LogP contribution is 2.21. The van der Waals surface area contributed by atoms with Crippen LogP contribution in [0.2, 0.25) is 0 Å². The summed E-state index contributed by atoms with van der Waals surface area (Å²) in [7, 11) is 0. The predicted molar refractivity (Wildman–Crippen MR) is 50.6 cm³/mol. The predicted octanol–water partition coefficient (Wildman–Crippen LogP) is 2.11. The van der Waals surface area contributed by atoms with Gasteiger partial charge in [-0.25, -0.2) is 4.98 Å². The smallest absolute Gasteiger partial charge is 0.197 e. The van der Waals surface area contributed by atoms with Gasteiger partial charge in [0.05, 0.1) is 5.69 Å². The molecule has 0 atom stereocenters. The molecular weight excluding hydrogens is 166 g/mol. The second-order valence-corrected chi connectivity index (χ2v) is 3.16. The largest absolute Gasteiger partial charge is 0.448 e. The minimum Gasteiger partial charge on any atom is -0.448 e. The van der Waals surface area contributed by atoms with E-state index < -0.39 is 0 Å². The third-order valence-corrected chi connectivity index (χ3v) is 2.27. The SMILES string of the molecule is CCC(CC)c1nc(CCO)co1. The molecule has 0 aliphatic heterocycles. The minimum absolute atomic E-state index is 0.134. The van der Waals surface area contributed by atoms with Crippen LogP contribution in [-0.4, -0.2) is 16.7 Å². The number of rotatable bonds is 5. The molecule has 0 aliphatic rings. The first-order chi connectivity index (χ1) is 6.31. The van der Waals surface area contributed by atoms with Crippen LogP contribution in [-0.2, 0) is 6.42 Å². The molecule has 1 rings (SSSR count).